The Labute approximate surface area is 142 Å². The Morgan fingerprint density at radius 1 is 1.04 bits per heavy atom. The monoisotopic (exact) mass is 346 g/mol. The fourth-order valence-corrected chi connectivity index (χ4v) is 5.17. The first-order chi connectivity index (χ1) is 11.2. The van der Waals surface area contributed by atoms with E-state index in [4.69, 9.17) is 0 Å². The van der Waals surface area contributed by atoms with Gasteiger partial charge < -0.3 is 4.90 Å². The molecule has 1 heterocycles. The second kappa shape index (κ2) is 5.77. The van der Waals surface area contributed by atoms with Crippen LogP contribution in [0.1, 0.15) is 27.7 Å². The average molecular weight is 346 g/mol. The fourth-order valence-electron chi connectivity index (χ4n) is 3.51. The summed E-state index contributed by atoms with van der Waals surface area (Å²) in [6.07, 6.45) is 0. The van der Waals surface area contributed by atoms with Crippen LogP contribution in [0, 0.1) is 0 Å². The smallest absolute Gasteiger partial charge is 0.265 e. The van der Waals surface area contributed by atoms with Crippen LogP contribution in [0.4, 0.5) is 5.69 Å². The van der Waals surface area contributed by atoms with Crippen LogP contribution in [0.5, 0.6) is 0 Å². The van der Waals surface area contributed by atoms with Crippen molar-refractivity contribution in [2.24, 2.45) is 0 Å². The molecule has 0 spiro atoms. The molecule has 5 nitrogen and oxygen atoms in total. The van der Waals surface area contributed by atoms with E-state index in [-0.39, 0.29) is 29.4 Å². The van der Waals surface area contributed by atoms with Gasteiger partial charge in [0.2, 0.25) is 5.91 Å². The molecule has 1 amide bonds. The average Bonchev–Trinajstić information content (AvgIpc) is 2.70. The molecule has 0 atom stereocenters. The Kier molecular flexibility index (Phi) is 4.03. The molecule has 0 aromatic heterocycles. The van der Waals surface area contributed by atoms with E-state index in [0.29, 0.717) is 11.1 Å². The number of hydrogen-bond acceptors (Lipinski definition) is 3. The van der Waals surface area contributed by atoms with E-state index in [9.17, 15) is 13.2 Å². The van der Waals surface area contributed by atoms with Crippen LogP contribution >= 0.6 is 0 Å². The molecule has 1 aliphatic heterocycles. The molecule has 3 rings (SSSR count). The molecule has 24 heavy (non-hydrogen) atoms. The van der Waals surface area contributed by atoms with Crippen molar-refractivity contribution in [1.82, 2.24) is 4.90 Å². The van der Waals surface area contributed by atoms with Gasteiger partial charge in [-0.3, -0.25) is 9.10 Å². The first-order valence-electron chi connectivity index (χ1n) is 8.10. The predicted molar refractivity (Wildman–Crippen MR) is 95.6 cm³/mol. The maximum atomic E-state index is 12.9. The zero-order valence-corrected chi connectivity index (χ0v) is 15.2. The number of carbonyl (C=O) groups excluding carboxylic acids is 1. The number of carbonyl (C=O) groups is 1. The van der Waals surface area contributed by atoms with Gasteiger partial charge >= 0.3 is 0 Å². The molecule has 0 saturated carbocycles. The molecule has 1 aliphatic rings. The Morgan fingerprint density at radius 3 is 2.21 bits per heavy atom. The Bertz CT molecular complexity index is 890. The lowest BCUT2D eigenvalue weighted by Crippen LogP contribution is -2.47. The van der Waals surface area contributed by atoms with Crippen LogP contribution in [-0.2, 0) is 14.8 Å². The number of benzene rings is 2. The zero-order chi connectivity index (χ0) is 17.6. The largest absolute Gasteiger partial charge is 0.336 e. The van der Waals surface area contributed by atoms with Gasteiger partial charge in [-0.15, -0.1) is 0 Å². The van der Waals surface area contributed by atoms with Gasteiger partial charge in [0.1, 0.15) is 6.54 Å². The Hall–Kier alpha value is -2.08. The highest BCUT2D eigenvalue weighted by Gasteiger charge is 2.37. The third kappa shape index (κ3) is 2.45. The van der Waals surface area contributed by atoms with Crippen LogP contribution < -0.4 is 4.31 Å². The molecule has 6 heteroatoms. The zero-order valence-electron chi connectivity index (χ0n) is 14.4. The fraction of sp³-hybridized carbons (Fsp3) is 0.389. The Balaban J connectivity index is 2.05. The molecular formula is C18H22N2O3S. The minimum absolute atomic E-state index is 0.0148. The van der Waals surface area contributed by atoms with Crippen molar-refractivity contribution in [2.75, 3.05) is 10.8 Å². The standard InChI is InChI=1S/C18H22N2O3S/c1-12(2)20(13(3)4)17(21)11-19-15-9-5-7-14-8-6-10-16(18(14)15)24(19,22)23/h5-10,12-13H,11H2,1-4H3. The van der Waals surface area contributed by atoms with Crippen molar-refractivity contribution in [1.29, 1.82) is 0 Å². The molecule has 0 unspecified atom stereocenters. The van der Waals surface area contributed by atoms with E-state index < -0.39 is 10.0 Å². The van der Waals surface area contributed by atoms with E-state index in [1.54, 1.807) is 23.1 Å². The van der Waals surface area contributed by atoms with E-state index in [0.717, 1.165) is 5.39 Å². The van der Waals surface area contributed by atoms with Gasteiger partial charge in [-0.2, -0.15) is 0 Å². The lowest BCUT2D eigenvalue weighted by molar-refractivity contribution is -0.133. The normalized spacial score (nSPS) is 15.5. The highest BCUT2D eigenvalue weighted by molar-refractivity contribution is 7.93. The minimum atomic E-state index is -3.69. The third-order valence-corrected chi connectivity index (χ3v) is 6.16. The number of sulfonamides is 1. The second-order valence-electron chi connectivity index (χ2n) is 6.63. The van der Waals surface area contributed by atoms with Crippen LogP contribution in [0.2, 0.25) is 0 Å². The van der Waals surface area contributed by atoms with Crippen molar-refractivity contribution in [3.8, 4) is 0 Å². The molecule has 2 aromatic carbocycles. The summed E-state index contributed by atoms with van der Waals surface area (Å²) in [5.41, 5.74) is 0.587. The van der Waals surface area contributed by atoms with Gasteiger partial charge in [-0.25, -0.2) is 8.42 Å². The van der Waals surface area contributed by atoms with Gasteiger partial charge in [0.25, 0.3) is 10.0 Å². The van der Waals surface area contributed by atoms with E-state index in [1.807, 2.05) is 45.9 Å². The number of rotatable bonds is 4. The van der Waals surface area contributed by atoms with Crippen molar-refractivity contribution < 1.29 is 13.2 Å². The van der Waals surface area contributed by atoms with Crippen LogP contribution in [0.25, 0.3) is 10.8 Å². The Morgan fingerprint density at radius 2 is 1.62 bits per heavy atom. The maximum Gasteiger partial charge on any atom is 0.265 e. The van der Waals surface area contributed by atoms with E-state index in [1.165, 1.54) is 4.31 Å². The number of nitrogens with zero attached hydrogens (tertiary/aromatic N) is 2. The number of anilines is 1. The predicted octanol–water partition coefficient (Wildman–Crippen LogP) is 2.99. The maximum absolute atomic E-state index is 12.9. The molecular weight excluding hydrogens is 324 g/mol. The number of hydrogen-bond donors (Lipinski definition) is 0. The summed E-state index contributed by atoms with van der Waals surface area (Å²) < 4.78 is 27.1. The first kappa shape index (κ1) is 16.8. The van der Waals surface area contributed by atoms with Crippen molar-refractivity contribution >= 4 is 32.4 Å². The summed E-state index contributed by atoms with van der Waals surface area (Å²) >= 11 is 0. The summed E-state index contributed by atoms with van der Waals surface area (Å²) in [5, 5.41) is 1.57. The molecule has 0 radical (unpaired) electrons. The summed E-state index contributed by atoms with van der Waals surface area (Å²) in [6.45, 7) is 7.57. The van der Waals surface area contributed by atoms with Gasteiger partial charge in [0, 0.05) is 17.5 Å². The summed E-state index contributed by atoms with van der Waals surface area (Å²) in [7, 11) is -3.69. The molecule has 128 valence electrons. The molecule has 0 N–H and O–H groups in total. The topological polar surface area (TPSA) is 57.7 Å². The lowest BCUT2D eigenvalue weighted by Gasteiger charge is -2.32. The van der Waals surface area contributed by atoms with E-state index >= 15 is 0 Å². The van der Waals surface area contributed by atoms with Gasteiger partial charge in [-0.1, -0.05) is 24.3 Å². The van der Waals surface area contributed by atoms with Crippen LogP contribution in [-0.4, -0.2) is 37.9 Å². The van der Waals surface area contributed by atoms with Crippen molar-refractivity contribution in [3.63, 3.8) is 0 Å². The molecule has 0 aliphatic carbocycles. The van der Waals surface area contributed by atoms with Gasteiger partial charge in [-0.05, 0) is 45.2 Å². The summed E-state index contributed by atoms with van der Waals surface area (Å²) in [4.78, 5) is 14.8. The van der Waals surface area contributed by atoms with Crippen molar-refractivity contribution in [2.45, 2.75) is 44.7 Å². The SMILES string of the molecule is CC(C)N(C(=O)CN1c2cccc3cccc(c23)S1(=O)=O)C(C)C. The summed E-state index contributed by atoms with van der Waals surface area (Å²) in [5.74, 6) is -0.187. The molecule has 0 bridgehead atoms. The number of amides is 1. The third-order valence-electron chi connectivity index (χ3n) is 4.36. The quantitative estimate of drug-likeness (QED) is 0.855. The van der Waals surface area contributed by atoms with E-state index in [2.05, 4.69) is 0 Å². The van der Waals surface area contributed by atoms with Gasteiger partial charge in [0.15, 0.2) is 0 Å². The molecule has 0 fully saturated rings. The van der Waals surface area contributed by atoms with Crippen LogP contribution in [0.3, 0.4) is 0 Å². The highest BCUT2D eigenvalue weighted by atomic mass is 32.2. The minimum Gasteiger partial charge on any atom is -0.336 e. The second-order valence-corrected chi connectivity index (χ2v) is 8.46. The van der Waals surface area contributed by atoms with Gasteiger partial charge in [0.05, 0.1) is 10.6 Å². The first-order valence-corrected chi connectivity index (χ1v) is 9.55. The summed E-state index contributed by atoms with van der Waals surface area (Å²) in [6, 6.07) is 10.7. The van der Waals surface area contributed by atoms with Crippen LogP contribution in [0.15, 0.2) is 41.3 Å². The molecule has 2 aromatic rings. The van der Waals surface area contributed by atoms with Crippen molar-refractivity contribution in [3.05, 3.63) is 36.4 Å². The lowest BCUT2D eigenvalue weighted by atomic mass is 10.1. The molecule has 0 saturated heterocycles. The highest BCUT2D eigenvalue weighted by Crippen LogP contribution is 2.41.